The molecule has 0 spiro atoms. The van der Waals surface area contributed by atoms with E-state index in [0.29, 0.717) is 0 Å². The zero-order valence-corrected chi connectivity index (χ0v) is 11.3. The van der Waals surface area contributed by atoms with Crippen molar-refractivity contribution in [3.05, 3.63) is 81.4 Å². The summed E-state index contributed by atoms with van der Waals surface area (Å²) in [6.07, 6.45) is 1.60. The summed E-state index contributed by atoms with van der Waals surface area (Å²) >= 11 is 0. The van der Waals surface area contributed by atoms with Crippen LogP contribution in [0.1, 0.15) is 11.1 Å². The van der Waals surface area contributed by atoms with Crippen molar-refractivity contribution in [3.8, 4) is 0 Å². The Bertz CT molecular complexity index is 810. The van der Waals surface area contributed by atoms with E-state index in [2.05, 4.69) is 5.16 Å². The second kappa shape index (κ2) is 5.61. The molecule has 2 aromatic carbocycles. The Hall–Kier alpha value is -3.28. The molecule has 0 radical (unpaired) electrons. The smallest absolute Gasteiger partial charge is 0.312 e. The number of carbonyl (C=O) groups is 1. The van der Waals surface area contributed by atoms with E-state index in [9.17, 15) is 14.9 Å². The average molecular weight is 294 g/mol. The van der Waals surface area contributed by atoms with Crippen molar-refractivity contribution in [2.24, 2.45) is 5.16 Å². The number of nitro groups is 1. The van der Waals surface area contributed by atoms with Crippen LogP contribution in [0.25, 0.3) is 6.08 Å². The minimum Gasteiger partial charge on any atom is -0.312 e. The zero-order chi connectivity index (χ0) is 15.5. The molecule has 0 N–H and O–H groups in total. The molecule has 0 fully saturated rings. The molecule has 0 unspecified atom stereocenters. The Morgan fingerprint density at radius 3 is 2.45 bits per heavy atom. The summed E-state index contributed by atoms with van der Waals surface area (Å²) in [6.45, 7) is 0. The number of nitrogens with zero attached hydrogens (tertiary/aromatic N) is 2. The summed E-state index contributed by atoms with van der Waals surface area (Å²) in [5.74, 6) is -0.628. The van der Waals surface area contributed by atoms with Crippen LogP contribution >= 0.6 is 0 Å². The van der Waals surface area contributed by atoms with Crippen molar-refractivity contribution < 1.29 is 14.6 Å². The quantitative estimate of drug-likeness (QED) is 0.377. The molecule has 0 saturated heterocycles. The van der Waals surface area contributed by atoms with E-state index in [1.165, 1.54) is 12.1 Å². The van der Waals surface area contributed by atoms with Crippen molar-refractivity contribution in [1.29, 1.82) is 0 Å². The molecule has 2 aromatic rings. The largest absolute Gasteiger partial charge is 0.368 e. The Kier molecular flexibility index (Phi) is 3.49. The van der Waals surface area contributed by atoms with Crippen molar-refractivity contribution in [3.63, 3.8) is 0 Å². The molecule has 22 heavy (non-hydrogen) atoms. The fourth-order valence-electron chi connectivity index (χ4n) is 2.15. The molecule has 6 nitrogen and oxygen atoms in total. The lowest BCUT2D eigenvalue weighted by Gasteiger charge is -2.02. The Morgan fingerprint density at radius 1 is 1.05 bits per heavy atom. The molecule has 0 amide bonds. The number of hydrogen-bond acceptors (Lipinski definition) is 5. The first-order chi connectivity index (χ1) is 10.7. The highest BCUT2D eigenvalue weighted by atomic mass is 16.7. The molecule has 0 atom stereocenters. The van der Waals surface area contributed by atoms with Crippen LogP contribution in [0.3, 0.4) is 0 Å². The van der Waals surface area contributed by atoms with Gasteiger partial charge in [-0.25, -0.2) is 4.79 Å². The maximum Gasteiger partial charge on any atom is 0.368 e. The van der Waals surface area contributed by atoms with Crippen molar-refractivity contribution in [2.45, 2.75) is 0 Å². The van der Waals surface area contributed by atoms with E-state index >= 15 is 0 Å². The molecule has 6 heteroatoms. The average Bonchev–Trinajstić information content (AvgIpc) is 2.89. The highest BCUT2D eigenvalue weighted by Crippen LogP contribution is 2.26. The van der Waals surface area contributed by atoms with Gasteiger partial charge in [0.15, 0.2) is 0 Å². The number of rotatable bonds is 3. The van der Waals surface area contributed by atoms with Gasteiger partial charge in [0, 0.05) is 6.07 Å². The van der Waals surface area contributed by atoms with Gasteiger partial charge in [-0.3, -0.25) is 10.1 Å². The van der Waals surface area contributed by atoms with Crippen LogP contribution in [0, 0.1) is 10.1 Å². The van der Waals surface area contributed by atoms with E-state index in [-0.39, 0.29) is 22.5 Å². The van der Waals surface area contributed by atoms with E-state index in [1.54, 1.807) is 18.2 Å². The fourth-order valence-corrected chi connectivity index (χ4v) is 2.15. The van der Waals surface area contributed by atoms with Gasteiger partial charge < -0.3 is 4.84 Å². The van der Waals surface area contributed by atoms with Gasteiger partial charge in [0.25, 0.3) is 5.69 Å². The Morgan fingerprint density at radius 2 is 1.73 bits per heavy atom. The maximum atomic E-state index is 11.9. The number of nitro benzene ring substituents is 1. The summed E-state index contributed by atoms with van der Waals surface area (Å²) < 4.78 is 0. The van der Waals surface area contributed by atoms with Crippen LogP contribution in [0.15, 0.2) is 65.3 Å². The van der Waals surface area contributed by atoms with Crippen LogP contribution in [-0.2, 0) is 9.63 Å². The van der Waals surface area contributed by atoms with Gasteiger partial charge in [0.2, 0.25) is 0 Å². The Labute approximate surface area is 125 Å². The van der Waals surface area contributed by atoms with Crippen LogP contribution in [-0.4, -0.2) is 16.6 Å². The lowest BCUT2D eigenvalue weighted by Crippen LogP contribution is -2.09. The molecule has 108 valence electrons. The fraction of sp³-hybridized carbons (Fsp3) is 0. The zero-order valence-electron chi connectivity index (χ0n) is 11.3. The summed E-state index contributed by atoms with van der Waals surface area (Å²) in [4.78, 5) is 27.2. The van der Waals surface area contributed by atoms with Crippen LogP contribution in [0.5, 0.6) is 0 Å². The summed E-state index contributed by atoms with van der Waals surface area (Å²) in [7, 11) is 0. The van der Waals surface area contributed by atoms with Gasteiger partial charge in [-0.05, 0) is 17.7 Å². The lowest BCUT2D eigenvalue weighted by atomic mass is 9.99. The lowest BCUT2D eigenvalue weighted by molar-refractivity contribution is -0.385. The van der Waals surface area contributed by atoms with Crippen molar-refractivity contribution >= 4 is 23.4 Å². The molecular formula is C16H10N2O4. The van der Waals surface area contributed by atoms with Gasteiger partial charge in [-0.2, -0.15) is 0 Å². The molecule has 0 aliphatic carbocycles. The van der Waals surface area contributed by atoms with Crippen molar-refractivity contribution in [2.75, 3.05) is 0 Å². The van der Waals surface area contributed by atoms with Gasteiger partial charge in [0.1, 0.15) is 5.71 Å². The molecule has 1 aliphatic heterocycles. The number of oxime groups is 1. The molecule has 0 aromatic heterocycles. The minimum atomic E-state index is -0.628. The Balaban J connectivity index is 2.09. The first-order valence-electron chi connectivity index (χ1n) is 6.47. The van der Waals surface area contributed by atoms with Gasteiger partial charge in [-0.1, -0.05) is 47.6 Å². The van der Waals surface area contributed by atoms with E-state index < -0.39 is 10.9 Å². The SMILES string of the molecule is O=C1ON=C(c2ccccc2[N+](=O)[O-])C1=Cc1ccccc1. The molecule has 0 bridgehead atoms. The molecule has 0 saturated carbocycles. The second-order valence-electron chi connectivity index (χ2n) is 4.56. The third-order valence-corrected chi connectivity index (χ3v) is 3.16. The third kappa shape index (κ3) is 2.49. The molecule has 1 aliphatic rings. The van der Waals surface area contributed by atoms with Crippen LogP contribution < -0.4 is 0 Å². The number of benzene rings is 2. The highest BCUT2D eigenvalue weighted by molar-refractivity contribution is 6.32. The molecule has 1 heterocycles. The molecular weight excluding hydrogens is 284 g/mol. The van der Waals surface area contributed by atoms with Crippen LogP contribution in [0.4, 0.5) is 5.69 Å². The van der Waals surface area contributed by atoms with Gasteiger partial charge >= 0.3 is 5.97 Å². The first kappa shape index (κ1) is 13.7. The van der Waals surface area contributed by atoms with E-state index in [0.717, 1.165) is 5.56 Å². The summed E-state index contributed by atoms with van der Waals surface area (Å²) in [5, 5.41) is 14.8. The highest BCUT2D eigenvalue weighted by Gasteiger charge is 2.31. The standard InChI is InChI=1S/C16H10N2O4/c19-16-13(10-11-6-2-1-3-7-11)15(17-22-16)12-8-4-5-9-14(12)18(20)21/h1-10H. The van der Waals surface area contributed by atoms with E-state index in [4.69, 9.17) is 4.84 Å². The predicted octanol–water partition coefficient (Wildman–Crippen LogP) is 2.94. The van der Waals surface area contributed by atoms with Crippen molar-refractivity contribution in [1.82, 2.24) is 0 Å². The topological polar surface area (TPSA) is 81.8 Å². The maximum absolute atomic E-state index is 11.9. The summed E-state index contributed by atoms with van der Waals surface area (Å²) in [6, 6.07) is 15.2. The third-order valence-electron chi connectivity index (χ3n) is 3.16. The monoisotopic (exact) mass is 294 g/mol. The minimum absolute atomic E-state index is 0.126. The normalized spacial score (nSPS) is 15.5. The van der Waals surface area contributed by atoms with Gasteiger partial charge in [0.05, 0.1) is 16.1 Å². The summed E-state index contributed by atoms with van der Waals surface area (Å²) in [5.41, 5.74) is 1.27. The number of para-hydroxylation sites is 1. The van der Waals surface area contributed by atoms with Crippen LogP contribution in [0.2, 0.25) is 0 Å². The predicted molar refractivity (Wildman–Crippen MR) is 80.1 cm³/mol. The number of hydrogen-bond donors (Lipinski definition) is 0. The number of carbonyl (C=O) groups excluding carboxylic acids is 1. The van der Waals surface area contributed by atoms with E-state index in [1.807, 2.05) is 30.3 Å². The second-order valence-corrected chi connectivity index (χ2v) is 4.56. The molecule has 3 rings (SSSR count). The first-order valence-corrected chi connectivity index (χ1v) is 6.47. The van der Waals surface area contributed by atoms with Gasteiger partial charge in [-0.15, -0.1) is 0 Å².